The number of aliphatic hydroxyl groups excluding tert-OH is 3. The molecule has 0 saturated heterocycles. The van der Waals surface area contributed by atoms with E-state index in [1.54, 1.807) is 34.9 Å². The van der Waals surface area contributed by atoms with Crippen LogP contribution in [0.3, 0.4) is 0 Å². The highest BCUT2D eigenvalue weighted by molar-refractivity contribution is 6.08. The van der Waals surface area contributed by atoms with Crippen molar-refractivity contribution in [3.05, 3.63) is 27.8 Å². The van der Waals surface area contributed by atoms with E-state index in [2.05, 4.69) is 10.6 Å². The van der Waals surface area contributed by atoms with Crippen LogP contribution >= 0.6 is 0 Å². The SMILES string of the molecule is CC.Cc1c(NC(=O)[C@H](C)O)c(C)c(C(=O)N(C)C)c(C)c1C(=O)NC(CO)CO. The Bertz CT molecular complexity index is 771. The lowest BCUT2D eigenvalue weighted by molar-refractivity contribution is -0.123. The largest absolute Gasteiger partial charge is 0.394 e. The molecule has 3 amide bonds. The second-order valence-corrected chi connectivity index (χ2v) is 6.90. The number of nitrogens with one attached hydrogen (secondary N) is 2. The van der Waals surface area contributed by atoms with Crippen LogP contribution in [-0.2, 0) is 4.79 Å². The van der Waals surface area contributed by atoms with Crippen LogP contribution < -0.4 is 10.6 Å². The molecule has 1 aromatic rings. The second kappa shape index (κ2) is 12.3. The second-order valence-electron chi connectivity index (χ2n) is 6.90. The summed E-state index contributed by atoms with van der Waals surface area (Å²) in [6.07, 6.45) is -1.28. The first kappa shape index (κ1) is 27.5. The van der Waals surface area contributed by atoms with E-state index in [0.29, 0.717) is 16.7 Å². The third-order valence-electron chi connectivity index (χ3n) is 4.50. The molecule has 0 spiro atoms. The number of amides is 3. The number of carbonyl (C=O) groups is 3. The van der Waals surface area contributed by atoms with Crippen LogP contribution in [0.4, 0.5) is 5.69 Å². The maximum Gasteiger partial charge on any atom is 0.253 e. The van der Waals surface area contributed by atoms with Crippen molar-refractivity contribution in [2.75, 3.05) is 32.6 Å². The van der Waals surface area contributed by atoms with E-state index in [4.69, 9.17) is 0 Å². The number of carbonyl (C=O) groups excluding carboxylic acids is 3. The Morgan fingerprint density at radius 2 is 1.40 bits per heavy atom. The zero-order chi connectivity index (χ0) is 23.8. The predicted octanol–water partition coefficient (Wildman–Crippen LogP) is 0.742. The van der Waals surface area contributed by atoms with Gasteiger partial charge < -0.3 is 30.9 Å². The van der Waals surface area contributed by atoms with Crippen LogP contribution in [-0.4, -0.2) is 77.4 Å². The van der Waals surface area contributed by atoms with Crippen molar-refractivity contribution in [1.82, 2.24) is 10.2 Å². The van der Waals surface area contributed by atoms with Crippen molar-refractivity contribution in [1.29, 1.82) is 0 Å². The van der Waals surface area contributed by atoms with Gasteiger partial charge >= 0.3 is 0 Å². The molecule has 30 heavy (non-hydrogen) atoms. The lowest BCUT2D eigenvalue weighted by Crippen LogP contribution is -2.41. The van der Waals surface area contributed by atoms with Crippen molar-refractivity contribution in [2.24, 2.45) is 0 Å². The minimum atomic E-state index is -1.28. The van der Waals surface area contributed by atoms with Gasteiger partial charge in [0.2, 0.25) is 0 Å². The van der Waals surface area contributed by atoms with Gasteiger partial charge in [0.05, 0.1) is 19.3 Å². The van der Waals surface area contributed by atoms with E-state index in [1.165, 1.54) is 11.8 Å². The summed E-state index contributed by atoms with van der Waals surface area (Å²) in [5.74, 6) is -1.62. The molecule has 0 bridgehead atoms. The normalized spacial score (nSPS) is 11.3. The number of benzene rings is 1. The molecule has 0 heterocycles. The van der Waals surface area contributed by atoms with E-state index >= 15 is 0 Å². The molecule has 0 saturated carbocycles. The standard InChI is InChI=1S/C19H29N3O6.C2H6/c1-9-14(18(27)20-13(7-23)8-24)10(2)16(21-17(26)12(4)25)11(3)15(9)19(28)22(5)6;1-2/h12-13,23-25H,7-8H2,1-6H3,(H,20,27)(H,21,26);1-2H3/t12-;/m0./s1. The van der Waals surface area contributed by atoms with Gasteiger partial charge in [-0.05, 0) is 44.4 Å². The summed E-state index contributed by atoms with van der Waals surface area (Å²) in [7, 11) is 3.14. The topological polar surface area (TPSA) is 139 Å². The van der Waals surface area contributed by atoms with E-state index in [9.17, 15) is 29.7 Å². The van der Waals surface area contributed by atoms with Crippen LogP contribution in [0.25, 0.3) is 0 Å². The molecule has 0 unspecified atom stereocenters. The van der Waals surface area contributed by atoms with Crippen LogP contribution in [0.1, 0.15) is 58.2 Å². The quantitative estimate of drug-likeness (QED) is 0.437. The van der Waals surface area contributed by atoms with Gasteiger partial charge in [0, 0.05) is 30.9 Å². The highest BCUT2D eigenvalue weighted by Gasteiger charge is 2.27. The van der Waals surface area contributed by atoms with Crippen molar-refractivity contribution in [2.45, 2.75) is 53.7 Å². The summed E-state index contributed by atoms with van der Waals surface area (Å²) in [6, 6.07) is -0.865. The van der Waals surface area contributed by atoms with Gasteiger partial charge in [0.15, 0.2) is 0 Å². The van der Waals surface area contributed by atoms with Gasteiger partial charge in [-0.25, -0.2) is 0 Å². The zero-order valence-electron chi connectivity index (χ0n) is 19.1. The third-order valence-corrected chi connectivity index (χ3v) is 4.50. The fourth-order valence-electron chi connectivity index (χ4n) is 2.93. The van der Waals surface area contributed by atoms with Crippen LogP contribution in [0.15, 0.2) is 0 Å². The summed E-state index contributed by atoms with van der Waals surface area (Å²) in [5, 5.41) is 33.1. The maximum atomic E-state index is 12.8. The molecule has 0 aromatic heterocycles. The Labute approximate surface area is 178 Å². The van der Waals surface area contributed by atoms with E-state index in [-0.39, 0.29) is 22.7 Å². The summed E-state index contributed by atoms with van der Waals surface area (Å²) >= 11 is 0. The first-order valence-electron chi connectivity index (χ1n) is 9.84. The fourth-order valence-corrected chi connectivity index (χ4v) is 2.93. The first-order chi connectivity index (χ1) is 14.0. The molecule has 0 fully saturated rings. The van der Waals surface area contributed by atoms with Crippen molar-refractivity contribution in [3.8, 4) is 0 Å². The fraction of sp³-hybridized carbons (Fsp3) is 0.571. The van der Waals surface area contributed by atoms with Crippen LogP contribution in [0.2, 0.25) is 0 Å². The average Bonchev–Trinajstić information content (AvgIpc) is 2.70. The van der Waals surface area contributed by atoms with Gasteiger partial charge in [-0.15, -0.1) is 0 Å². The van der Waals surface area contributed by atoms with Crippen molar-refractivity contribution in [3.63, 3.8) is 0 Å². The number of anilines is 1. The Kier molecular flexibility index (Phi) is 11.2. The Morgan fingerprint density at radius 3 is 1.80 bits per heavy atom. The molecule has 5 N–H and O–H groups in total. The Hall–Kier alpha value is -2.49. The number of aliphatic hydroxyl groups is 3. The van der Waals surface area contributed by atoms with E-state index in [0.717, 1.165) is 0 Å². The highest BCUT2D eigenvalue weighted by atomic mass is 16.3. The van der Waals surface area contributed by atoms with Crippen molar-refractivity contribution >= 4 is 23.4 Å². The summed E-state index contributed by atoms with van der Waals surface area (Å²) < 4.78 is 0. The zero-order valence-corrected chi connectivity index (χ0v) is 19.1. The number of nitrogens with zero attached hydrogens (tertiary/aromatic N) is 1. The van der Waals surface area contributed by atoms with Gasteiger partial charge in [-0.2, -0.15) is 0 Å². The molecule has 0 aliphatic rings. The Morgan fingerprint density at radius 1 is 0.933 bits per heavy atom. The summed E-state index contributed by atoms with van der Waals surface area (Å²) in [5.41, 5.74) is 1.97. The average molecular weight is 426 g/mol. The maximum absolute atomic E-state index is 12.8. The molecule has 170 valence electrons. The van der Waals surface area contributed by atoms with Crippen molar-refractivity contribution < 1.29 is 29.7 Å². The lowest BCUT2D eigenvalue weighted by Gasteiger charge is -2.24. The highest BCUT2D eigenvalue weighted by Crippen LogP contribution is 2.32. The minimum absolute atomic E-state index is 0.156. The number of rotatable bonds is 7. The van der Waals surface area contributed by atoms with Crippen LogP contribution in [0, 0.1) is 20.8 Å². The Balaban J connectivity index is 0.00000407. The van der Waals surface area contributed by atoms with Crippen LogP contribution in [0.5, 0.6) is 0 Å². The molecule has 1 atom stereocenters. The molecule has 1 aromatic carbocycles. The predicted molar refractivity (Wildman–Crippen MR) is 116 cm³/mol. The van der Waals surface area contributed by atoms with Gasteiger partial charge in [-0.1, -0.05) is 13.8 Å². The first-order valence-corrected chi connectivity index (χ1v) is 9.84. The molecule has 0 aliphatic heterocycles. The smallest absolute Gasteiger partial charge is 0.253 e. The molecular formula is C21H35N3O6. The monoisotopic (exact) mass is 425 g/mol. The number of hydrogen-bond acceptors (Lipinski definition) is 6. The van der Waals surface area contributed by atoms with Gasteiger partial charge in [0.25, 0.3) is 17.7 Å². The minimum Gasteiger partial charge on any atom is -0.394 e. The lowest BCUT2D eigenvalue weighted by atomic mass is 9.89. The van der Waals surface area contributed by atoms with Gasteiger partial charge in [0.1, 0.15) is 6.10 Å². The third kappa shape index (κ3) is 6.25. The molecule has 0 aliphatic carbocycles. The molecular weight excluding hydrogens is 390 g/mol. The van der Waals surface area contributed by atoms with E-state index in [1.807, 2.05) is 13.8 Å². The molecule has 9 nitrogen and oxygen atoms in total. The van der Waals surface area contributed by atoms with E-state index < -0.39 is 37.2 Å². The molecule has 1 rings (SSSR count). The number of hydrogen-bond donors (Lipinski definition) is 5. The molecule has 9 heteroatoms. The summed E-state index contributed by atoms with van der Waals surface area (Å²) in [4.78, 5) is 39.0. The van der Waals surface area contributed by atoms with Gasteiger partial charge in [-0.3, -0.25) is 14.4 Å². The summed E-state index contributed by atoms with van der Waals surface area (Å²) in [6.45, 7) is 9.28. The molecule has 0 radical (unpaired) electrons.